The maximum atomic E-state index is 13.0. The molecule has 1 nitrogen and oxygen atoms in total. The third-order valence-electron chi connectivity index (χ3n) is 3.33. The lowest BCUT2D eigenvalue weighted by atomic mass is 9.90. The molecule has 0 aliphatic heterocycles. The number of aliphatic hydroxyl groups is 1. The fourth-order valence-corrected chi connectivity index (χ4v) is 2.51. The fraction of sp³-hybridized carbons (Fsp3) is 0.250. The Hall–Kier alpha value is -1.38. The number of aliphatic hydroxyl groups excluding tert-OH is 1. The summed E-state index contributed by atoms with van der Waals surface area (Å²) in [6, 6.07) is 12.3. The first-order valence-electron chi connectivity index (χ1n) is 6.22. The van der Waals surface area contributed by atoms with E-state index >= 15 is 0 Å². The van der Waals surface area contributed by atoms with Crippen LogP contribution in [0.15, 0.2) is 42.5 Å². The van der Waals surface area contributed by atoms with Crippen LogP contribution in [0.4, 0.5) is 4.39 Å². The molecule has 100 valence electrons. The van der Waals surface area contributed by atoms with Crippen molar-refractivity contribution in [2.24, 2.45) is 0 Å². The van der Waals surface area contributed by atoms with Gasteiger partial charge in [0.25, 0.3) is 0 Å². The van der Waals surface area contributed by atoms with Crippen molar-refractivity contribution in [1.82, 2.24) is 0 Å². The normalized spacial score (nSPS) is 12.4. The van der Waals surface area contributed by atoms with E-state index in [1.165, 1.54) is 12.1 Å². The monoisotopic (exact) mass is 278 g/mol. The van der Waals surface area contributed by atoms with Gasteiger partial charge in [-0.05, 0) is 42.2 Å². The Balaban J connectivity index is 2.27. The van der Waals surface area contributed by atoms with Gasteiger partial charge < -0.3 is 5.11 Å². The van der Waals surface area contributed by atoms with E-state index in [2.05, 4.69) is 0 Å². The van der Waals surface area contributed by atoms with Gasteiger partial charge in [0.15, 0.2) is 0 Å². The van der Waals surface area contributed by atoms with Gasteiger partial charge in [0.05, 0.1) is 6.61 Å². The van der Waals surface area contributed by atoms with Crippen LogP contribution in [0.3, 0.4) is 0 Å². The molecule has 0 radical (unpaired) electrons. The van der Waals surface area contributed by atoms with Crippen LogP contribution in [0.1, 0.15) is 22.6 Å². The molecule has 0 fully saturated rings. The van der Waals surface area contributed by atoms with Gasteiger partial charge >= 0.3 is 0 Å². The first-order chi connectivity index (χ1) is 9.11. The molecule has 2 rings (SSSR count). The zero-order valence-corrected chi connectivity index (χ0v) is 11.5. The molecule has 0 aliphatic carbocycles. The number of aryl methyl sites for hydroxylation is 1. The number of hydrogen-bond donors (Lipinski definition) is 1. The van der Waals surface area contributed by atoms with E-state index in [0.29, 0.717) is 11.4 Å². The Bertz CT molecular complexity index is 568. The summed E-state index contributed by atoms with van der Waals surface area (Å²) in [5.74, 6) is -0.366. The van der Waals surface area contributed by atoms with E-state index in [9.17, 15) is 9.50 Å². The zero-order chi connectivity index (χ0) is 13.8. The van der Waals surface area contributed by atoms with Crippen molar-refractivity contribution in [2.45, 2.75) is 19.3 Å². The highest BCUT2D eigenvalue weighted by atomic mass is 35.5. The molecule has 0 amide bonds. The highest BCUT2D eigenvalue weighted by Crippen LogP contribution is 2.27. The van der Waals surface area contributed by atoms with Crippen LogP contribution in [0.25, 0.3) is 0 Å². The van der Waals surface area contributed by atoms with E-state index in [4.69, 9.17) is 11.6 Å². The summed E-state index contributed by atoms with van der Waals surface area (Å²) in [7, 11) is 0. The average molecular weight is 279 g/mol. The minimum atomic E-state index is -0.342. The Kier molecular flexibility index (Phi) is 4.56. The van der Waals surface area contributed by atoms with Crippen molar-refractivity contribution >= 4 is 11.6 Å². The lowest BCUT2D eigenvalue weighted by Crippen LogP contribution is -2.09. The number of rotatable bonds is 4. The summed E-state index contributed by atoms with van der Waals surface area (Å²) in [5.41, 5.74) is 3.09. The van der Waals surface area contributed by atoms with Crippen LogP contribution in [0.5, 0.6) is 0 Å². The van der Waals surface area contributed by atoms with Crippen molar-refractivity contribution in [3.8, 4) is 0 Å². The van der Waals surface area contributed by atoms with E-state index in [-0.39, 0.29) is 18.3 Å². The van der Waals surface area contributed by atoms with Crippen LogP contribution in [0.2, 0.25) is 5.02 Å². The summed E-state index contributed by atoms with van der Waals surface area (Å²) in [6.45, 7) is 2.06. The van der Waals surface area contributed by atoms with E-state index in [1.54, 1.807) is 6.07 Å². The molecule has 19 heavy (non-hydrogen) atoms. The molecule has 0 aliphatic rings. The largest absolute Gasteiger partial charge is 0.396 e. The average Bonchev–Trinajstić information content (AvgIpc) is 2.39. The van der Waals surface area contributed by atoms with Crippen molar-refractivity contribution < 1.29 is 9.50 Å². The first-order valence-corrected chi connectivity index (χ1v) is 6.60. The minimum Gasteiger partial charge on any atom is -0.396 e. The molecule has 0 saturated heterocycles. The number of benzene rings is 2. The maximum absolute atomic E-state index is 13.0. The van der Waals surface area contributed by atoms with Crippen LogP contribution in [-0.2, 0) is 6.42 Å². The van der Waals surface area contributed by atoms with Gasteiger partial charge in [0.2, 0.25) is 0 Å². The van der Waals surface area contributed by atoms with Gasteiger partial charge in [-0.2, -0.15) is 0 Å². The number of hydrogen-bond acceptors (Lipinski definition) is 1. The predicted octanol–water partition coefficient (Wildman–Crippen LogP) is 4.11. The second kappa shape index (κ2) is 6.18. The van der Waals surface area contributed by atoms with Crippen LogP contribution in [-0.4, -0.2) is 11.7 Å². The highest BCUT2D eigenvalue weighted by Gasteiger charge is 2.15. The van der Waals surface area contributed by atoms with Gasteiger partial charge in [0, 0.05) is 10.9 Å². The SMILES string of the molecule is Cc1ccccc1C(CO)Cc1ccc(F)cc1Cl. The summed E-state index contributed by atoms with van der Waals surface area (Å²) < 4.78 is 13.0. The Morgan fingerprint density at radius 3 is 2.58 bits per heavy atom. The van der Waals surface area contributed by atoms with Crippen molar-refractivity contribution in [2.75, 3.05) is 6.61 Å². The van der Waals surface area contributed by atoms with E-state index < -0.39 is 0 Å². The molecule has 2 aromatic carbocycles. The lowest BCUT2D eigenvalue weighted by Gasteiger charge is -2.17. The molecule has 1 N–H and O–H groups in total. The second-order valence-corrected chi connectivity index (χ2v) is 5.08. The molecule has 2 aromatic rings. The molecule has 0 aromatic heterocycles. The summed E-state index contributed by atoms with van der Waals surface area (Å²) in [5, 5.41) is 10.0. The van der Waals surface area contributed by atoms with Gasteiger partial charge in [-0.1, -0.05) is 41.9 Å². The minimum absolute atomic E-state index is 0.0239. The Morgan fingerprint density at radius 2 is 1.95 bits per heavy atom. The second-order valence-electron chi connectivity index (χ2n) is 4.68. The molecule has 3 heteroatoms. The van der Waals surface area contributed by atoms with Crippen LogP contribution >= 0.6 is 11.6 Å². The lowest BCUT2D eigenvalue weighted by molar-refractivity contribution is 0.264. The summed E-state index contributed by atoms with van der Waals surface area (Å²) >= 11 is 6.04. The van der Waals surface area contributed by atoms with E-state index in [1.807, 2.05) is 31.2 Å². The molecule has 1 atom stereocenters. The predicted molar refractivity (Wildman–Crippen MR) is 76.1 cm³/mol. The summed E-state index contributed by atoms with van der Waals surface area (Å²) in [4.78, 5) is 0. The molecule has 1 unspecified atom stereocenters. The number of halogens is 2. The molecule has 0 spiro atoms. The highest BCUT2D eigenvalue weighted by molar-refractivity contribution is 6.31. The van der Waals surface area contributed by atoms with Gasteiger partial charge in [-0.3, -0.25) is 0 Å². The van der Waals surface area contributed by atoms with Gasteiger partial charge in [0.1, 0.15) is 5.82 Å². The Labute approximate surface area is 117 Å². The topological polar surface area (TPSA) is 20.2 Å². The zero-order valence-electron chi connectivity index (χ0n) is 10.7. The summed E-state index contributed by atoms with van der Waals surface area (Å²) in [6.07, 6.45) is 0.598. The van der Waals surface area contributed by atoms with Crippen molar-refractivity contribution in [3.63, 3.8) is 0 Å². The Morgan fingerprint density at radius 1 is 1.21 bits per heavy atom. The maximum Gasteiger partial charge on any atom is 0.124 e. The van der Waals surface area contributed by atoms with Gasteiger partial charge in [-0.25, -0.2) is 4.39 Å². The molecule has 0 saturated carbocycles. The molecule has 0 bridgehead atoms. The van der Waals surface area contributed by atoms with Crippen LogP contribution < -0.4 is 0 Å². The van der Waals surface area contributed by atoms with Crippen LogP contribution in [0, 0.1) is 12.7 Å². The quantitative estimate of drug-likeness (QED) is 0.892. The molecule has 0 heterocycles. The molecular weight excluding hydrogens is 263 g/mol. The van der Waals surface area contributed by atoms with E-state index in [0.717, 1.165) is 16.7 Å². The smallest absolute Gasteiger partial charge is 0.124 e. The first kappa shape index (κ1) is 14.0. The third kappa shape index (κ3) is 3.34. The standard InChI is InChI=1S/C16H16ClFO/c1-11-4-2-3-5-15(11)13(10-19)8-12-6-7-14(18)9-16(12)17/h2-7,9,13,19H,8,10H2,1H3. The fourth-order valence-electron chi connectivity index (χ4n) is 2.27. The van der Waals surface area contributed by atoms with Crippen molar-refractivity contribution in [1.29, 1.82) is 0 Å². The van der Waals surface area contributed by atoms with Gasteiger partial charge in [-0.15, -0.1) is 0 Å². The third-order valence-corrected chi connectivity index (χ3v) is 3.68. The van der Waals surface area contributed by atoms with Crippen molar-refractivity contribution in [3.05, 3.63) is 70.0 Å². The molecular formula is C16H16ClFO.